The molecule has 19 heteroatoms. The van der Waals surface area contributed by atoms with Gasteiger partial charge in [0.2, 0.25) is 35.4 Å². The monoisotopic (exact) mass is 1050 g/mol. The molecule has 8 N–H and O–H groups in total. The first kappa shape index (κ1) is 57.0. The number of hydrogen-bond donors (Lipinski definition) is 8. The average molecular weight is 1050 g/mol. The van der Waals surface area contributed by atoms with E-state index in [1.165, 1.54) is 28.3 Å². The van der Waals surface area contributed by atoms with Crippen LogP contribution in [0.3, 0.4) is 0 Å². The summed E-state index contributed by atoms with van der Waals surface area (Å²) in [4.78, 5) is 120. The molecule has 0 radical (unpaired) electrons. The summed E-state index contributed by atoms with van der Waals surface area (Å²) in [7, 11) is 3.30. The van der Waals surface area contributed by atoms with Gasteiger partial charge in [0.05, 0.1) is 35.3 Å². The zero-order valence-corrected chi connectivity index (χ0v) is 45.8. The SMILES string of the molecule is CN[C@@H](C)C(=O)N[C@H](C(=O)N1C[C@H](NC(=O)c2cncc(C(=O)N[C@H]3C[C@@H](C(=O)N[C@@H]4CCCc5ccccc54)N(C(=O)[C@@H](NC(=O)[C@H](C)NC)C(C)(C)C)C3)c2)C[C@H]1C(=O)N[C@@H]1CCCc2ccccc21)C(C)(C)C. The summed E-state index contributed by atoms with van der Waals surface area (Å²) in [5.41, 5.74) is 2.95. The molecule has 0 spiro atoms. The number of pyridine rings is 1. The fraction of sp³-hybridized carbons (Fsp3) is 0.561. The number of likely N-dealkylation sites (tertiary alicyclic amines) is 2. The Bertz CT molecular complexity index is 2490. The summed E-state index contributed by atoms with van der Waals surface area (Å²) in [5, 5.41) is 24.0. The number of fused-ring (bicyclic) bond motifs is 2. The molecule has 3 aromatic rings. The number of likely N-dealkylation sites (N-methyl/N-ethyl adjacent to an activating group) is 2. The molecule has 2 fully saturated rings. The minimum absolute atomic E-state index is 0.0330. The van der Waals surface area contributed by atoms with Crippen LogP contribution in [0.2, 0.25) is 0 Å². The summed E-state index contributed by atoms with van der Waals surface area (Å²) in [6.07, 6.45) is 7.79. The first-order valence-corrected chi connectivity index (χ1v) is 26.9. The number of benzene rings is 2. The van der Waals surface area contributed by atoms with Crippen molar-refractivity contribution in [1.29, 1.82) is 0 Å². The highest BCUT2D eigenvalue weighted by molar-refractivity contribution is 6.00. The highest BCUT2D eigenvalue weighted by atomic mass is 16.2. The lowest BCUT2D eigenvalue weighted by molar-refractivity contribution is -0.144. The Morgan fingerprint density at radius 2 is 0.947 bits per heavy atom. The van der Waals surface area contributed by atoms with E-state index in [4.69, 9.17) is 0 Å². The number of aryl methyl sites for hydroxylation is 2. The molecule has 76 heavy (non-hydrogen) atoms. The predicted octanol–water partition coefficient (Wildman–Crippen LogP) is 3.15. The first-order chi connectivity index (χ1) is 36.0. The number of nitrogens with zero attached hydrogens (tertiary/aromatic N) is 3. The Balaban J connectivity index is 1.09. The van der Waals surface area contributed by atoms with Gasteiger partial charge >= 0.3 is 0 Å². The Kier molecular flexibility index (Phi) is 18.1. The average Bonchev–Trinajstić information content (AvgIpc) is 4.03. The largest absolute Gasteiger partial charge is 0.347 e. The molecule has 0 bridgehead atoms. The van der Waals surface area contributed by atoms with Gasteiger partial charge in [-0.2, -0.15) is 0 Å². The van der Waals surface area contributed by atoms with E-state index in [1.54, 1.807) is 27.9 Å². The van der Waals surface area contributed by atoms with E-state index in [2.05, 4.69) is 59.7 Å². The standard InChI is InChI=1S/C57H79N11O8/c1-32(58-9)48(69)65-46(56(3,4)5)54(75)67-30-38(26-44(67)52(73)63-42-23-15-19-34-17-11-13-21-40(34)42)61-50(71)36-25-37(29-60-28-36)51(72)62-39-27-45(53(74)64-43-24-16-20-35-18-12-14-22-41(35)43)68(31-39)55(76)47(57(6,7)8)66-49(70)33(2)59-10/h11-14,17-18,21-22,25,28-29,32-33,38-39,42-47,58-59H,15-16,19-20,23-24,26-27,30-31H2,1-10H3,(H,61,71)(H,62,72)(H,63,73)(H,64,74)(H,65,69)(H,66,70)/t32-,33-,38-,39+,42+,43+,44-,45-,46+,47+/m0/s1. The lowest BCUT2D eigenvalue weighted by Crippen LogP contribution is -2.59. The van der Waals surface area contributed by atoms with Crippen molar-refractivity contribution in [2.75, 3.05) is 27.2 Å². The molecule has 0 saturated carbocycles. The minimum Gasteiger partial charge on any atom is -0.347 e. The number of amides is 8. The molecule has 2 saturated heterocycles. The third-order valence-electron chi connectivity index (χ3n) is 15.5. The molecule has 7 rings (SSSR count). The molecule has 410 valence electrons. The van der Waals surface area contributed by atoms with Gasteiger partial charge in [-0.15, -0.1) is 0 Å². The van der Waals surface area contributed by atoms with Gasteiger partial charge in [0.15, 0.2) is 0 Å². The molecule has 1 aromatic heterocycles. The molecule has 2 aliphatic carbocycles. The van der Waals surface area contributed by atoms with E-state index in [0.717, 1.165) is 60.8 Å². The quantitative estimate of drug-likeness (QED) is 0.104. The molecule has 2 aliphatic heterocycles. The minimum atomic E-state index is -1.01. The van der Waals surface area contributed by atoms with Crippen LogP contribution in [-0.2, 0) is 41.6 Å². The Morgan fingerprint density at radius 1 is 0.566 bits per heavy atom. The molecular weight excluding hydrogens is 967 g/mol. The van der Waals surface area contributed by atoms with Crippen molar-refractivity contribution in [3.8, 4) is 0 Å². The normalized spacial score (nSPS) is 22.9. The number of aromatic nitrogens is 1. The van der Waals surface area contributed by atoms with Crippen molar-refractivity contribution in [2.24, 2.45) is 10.8 Å². The number of carbonyl (C=O) groups is 8. The summed E-state index contributed by atoms with van der Waals surface area (Å²) in [5.74, 6) is -3.60. The van der Waals surface area contributed by atoms with Crippen molar-refractivity contribution in [3.05, 3.63) is 100 Å². The van der Waals surface area contributed by atoms with E-state index in [1.807, 2.05) is 77.9 Å². The maximum Gasteiger partial charge on any atom is 0.253 e. The van der Waals surface area contributed by atoms with Gasteiger partial charge < -0.3 is 52.3 Å². The zero-order valence-electron chi connectivity index (χ0n) is 45.8. The second-order valence-corrected chi connectivity index (χ2v) is 23.2. The van der Waals surface area contributed by atoms with Gasteiger partial charge in [-0.3, -0.25) is 43.3 Å². The first-order valence-electron chi connectivity index (χ1n) is 26.9. The van der Waals surface area contributed by atoms with E-state index in [-0.39, 0.29) is 72.8 Å². The van der Waals surface area contributed by atoms with Crippen LogP contribution in [0.4, 0.5) is 0 Å². The molecular formula is C57H79N11O8. The van der Waals surface area contributed by atoms with Crippen LogP contribution in [0, 0.1) is 10.8 Å². The maximum atomic E-state index is 14.7. The molecule has 4 aliphatic rings. The van der Waals surface area contributed by atoms with Crippen molar-refractivity contribution in [1.82, 2.24) is 57.3 Å². The van der Waals surface area contributed by atoms with E-state index >= 15 is 0 Å². The molecule has 10 atom stereocenters. The van der Waals surface area contributed by atoms with Crippen LogP contribution in [0.1, 0.15) is 149 Å². The second kappa shape index (κ2) is 24.1. The summed E-state index contributed by atoms with van der Waals surface area (Å²) < 4.78 is 0. The summed E-state index contributed by atoms with van der Waals surface area (Å²) >= 11 is 0. The lowest BCUT2D eigenvalue weighted by atomic mass is 9.85. The van der Waals surface area contributed by atoms with Crippen LogP contribution in [-0.4, -0.2) is 138 Å². The van der Waals surface area contributed by atoms with Crippen LogP contribution >= 0.6 is 0 Å². The van der Waals surface area contributed by atoms with Crippen molar-refractivity contribution in [2.45, 2.75) is 167 Å². The van der Waals surface area contributed by atoms with Gasteiger partial charge in [-0.1, -0.05) is 90.1 Å². The van der Waals surface area contributed by atoms with Gasteiger partial charge in [0.1, 0.15) is 24.2 Å². The summed E-state index contributed by atoms with van der Waals surface area (Å²) in [6.45, 7) is 14.3. The van der Waals surface area contributed by atoms with Crippen LogP contribution in [0.5, 0.6) is 0 Å². The number of rotatable bonds is 16. The Hall–Kier alpha value is -6.73. The third-order valence-corrected chi connectivity index (χ3v) is 15.5. The number of hydrogen-bond acceptors (Lipinski definition) is 11. The lowest BCUT2D eigenvalue weighted by Gasteiger charge is -2.36. The Labute approximate surface area is 447 Å². The number of carbonyl (C=O) groups excluding carboxylic acids is 8. The van der Waals surface area contributed by atoms with E-state index < -0.39 is 82.8 Å². The third kappa shape index (κ3) is 13.3. The van der Waals surface area contributed by atoms with Crippen molar-refractivity contribution < 1.29 is 38.4 Å². The van der Waals surface area contributed by atoms with Gasteiger partial charge in [0, 0.05) is 37.6 Å². The predicted molar refractivity (Wildman–Crippen MR) is 287 cm³/mol. The van der Waals surface area contributed by atoms with Gasteiger partial charge in [-0.25, -0.2) is 0 Å². The highest BCUT2D eigenvalue weighted by Crippen LogP contribution is 2.34. The van der Waals surface area contributed by atoms with Crippen LogP contribution in [0.15, 0.2) is 67.0 Å². The molecule has 2 aromatic carbocycles. The topological polar surface area (TPSA) is 252 Å². The highest BCUT2D eigenvalue weighted by Gasteiger charge is 2.48. The Morgan fingerprint density at radius 3 is 1.32 bits per heavy atom. The van der Waals surface area contributed by atoms with E-state index in [9.17, 15) is 38.4 Å². The van der Waals surface area contributed by atoms with Gasteiger partial charge in [0.25, 0.3) is 11.8 Å². The fourth-order valence-corrected chi connectivity index (χ4v) is 10.9. The van der Waals surface area contributed by atoms with Crippen molar-refractivity contribution in [3.63, 3.8) is 0 Å². The molecule has 3 heterocycles. The summed E-state index contributed by atoms with van der Waals surface area (Å²) in [6, 6.07) is 10.2. The van der Waals surface area contributed by atoms with E-state index in [0.29, 0.717) is 0 Å². The van der Waals surface area contributed by atoms with Crippen LogP contribution in [0.25, 0.3) is 0 Å². The molecule has 0 unspecified atom stereocenters. The molecule has 19 nitrogen and oxygen atoms in total. The zero-order chi connectivity index (χ0) is 55.2. The molecule has 8 amide bonds. The van der Waals surface area contributed by atoms with Crippen molar-refractivity contribution >= 4 is 47.3 Å². The maximum absolute atomic E-state index is 14.7. The second-order valence-electron chi connectivity index (χ2n) is 23.2. The van der Waals surface area contributed by atoms with Crippen LogP contribution < -0.4 is 42.5 Å². The van der Waals surface area contributed by atoms with Gasteiger partial charge in [-0.05, 0) is 118 Å². The fourth-order valence-electron chi connectivity index (χ4n) is 10.9. The smallest absolute Gasteiger partial charge is 0.253 e. The number of nitrogens with one attached hydrogen (secondary N) is 8.